The fourth-order valence-electron chi connectivity index (χ4n) is 2.34. The van der Waals surface area contributed by atoms with Gasteiger partial charge in [0.05, 0.1) is 21.3 Å². The lowest BCUT2D eigenvalue weighted by atomic mass is 10.1. The van der Waals surface area contributed by atoms with Crippen molar-refractivity contribution in [1.29, 1.82) is 0 Å². The molecule has 0 aliphatic rings. The van der Waals surface area contributed by atoms with Crippen LogP contribution < -0.4 is 10.0 Å². The molecule has 7 nitrogen and oxygen atoms in total. The number of carbonyl (C=O) groups is 1. The number of para-hydroxylation sites is 1. The molecule has 0 unspecified atom stereocenters. The first-order valence-corrected chi connectivity index (χ1v) is 9.87. The number of rotatable bonds is 5. The number of amides is 1. The van der Waals surface area contributed by atoms with Crippen molar-refractivity contribution in [3.8, 4) is 0 Å². The molecule has 0 bridgehead atoms. The Bertz CT molecular complexity index is 1110. The molecule has 1 aromatic heterocycles. The summed E-state index contributed by atoms with van der Waals surface area (Å²) in [5.41, 5.74) is 0.690. The van der Waals surface area contributed by atoms with Gasteiger partial charge in [-0.25, -0.2) is 4.98 Å². The van der Waals surface area contributed by atoms with Gasteiger partial charge in [0.2, 0.25) is 5.16 Å². The summed E-state index contributed by atoms with van der Waals surface area (Å²) >= 11 is 11.8. The van der Waals surface area contributed by atoms with Gasteiger partial charge >= 0.3 is 0 Å². The summed E-state index contributed by atoms with van der Waals surface area (Å²) in [6, 6.07) is 10.9. The Kier molecular flexibility index (Phi) is 5.41. The largest absolute Gasteiger partial charge is 0.323 e. The molecule has 1 heterocycles. The van der Waals surface area contributed by atoms with Gasteiger partial charge in [-0.2, -0.15) is 8.42 Å². The normalized spacial score (nSPS) is 11.2. The van der Waals surface area contributed by atoms with E-state index < -0.39 is 15.9 Å². The highest BCUT2D eigenvalue weighted by atomic mass is 35.5. The number of aryl methyl sites for hydroxylation is 1. The fraction of sp³-hybridized carbons (Fsp3) is 0.0588. The Labute approximate surface area is 166 Å². The van der Waals surface area contributed by atoms with E-state index in [-0.39, 0.29) is 16.4 Å². The number of aromatic nitrogens is 2. The molecule has 1 amide bonds. The van der Waals surface area contributed by atoms with E-state index in [1.54, 1.807) is 31.3 Å². The zero-order valence-corrected chi connectivity index (χ0v) is 16.3. The van der Waals surface area contributed by atoms with Crippen molar-refractivity contribution in [1.82, 2.24) is 9.55 Å². The second kappa shape index (κ2) is 7.59. The highest BCUT2D eigenvalue weighted by Crippen LogP contribution is 2.26. The molecule has 2 aromatic carbocycles. The number of carbonyl (C=O) groups excluding carboxylic acids is 1. The van der Waals surface area contributed by atoms with E-state index >= 15 is 0 Å². The number of hydrogen-bond donors (Lipinski definition) is 2. The summed E-state index contributed by atoms with van der Waals surface area (Å²) in [5.74, 6) is -0.508. The standard InChI is InChI=1S/C17H14Cl2N4O3S/c1-23-9-8-20-17(23)27(25,26)22-15-5-3-2-4-12(15)16(24)21-11-6-7-13(18)14(19)10-11/h2-10,22H,1H3,(H,21,24). The molecule has 0 saturated carbocycles. The minimum atomic E-state index is -3.96. The number of anilines is 2. The Hall–Kier alpha value is -2.55. The molecule has 0 saturated heterocycles. The van der Waals surface area contributed by atoms with Crippen LogP contribution in [0.15, 0.2) is 60.0 Å². The molecule has 2 N–H and O–H groups in total. The van der Waals surface area contributed by atoms with E-state index in [1.165, 1.54) is 35.2 Å². The van der Waals surface area contributed by atoms with E-state index in [0.29, 0.717) is 15.7 Å². The van der Waals surface area contributed by atoms with E-state index in [0.717, 1.165) is 0 Å². The number of halogens is 2. The SMILES string of the molecule is Cn1ccnc1S(=O)(=O)Nc1ccccc1C(=O)Nc1ccc(Cl)c(Cl)c1. The Morgan fingerprint density at radius 2 is 1.85 bits per heavy atom. The van der Waals surface area contributed by atoms with Crippen LogP contribution in [0.4, 0.5) is 11.4 Å². The van der Waals surface area contributed by atoms with Crippen LogP contribution in [-0.2, 0) is 17.1 Å². The highest BCUT2D eigenvalue weighted by Gasteiger charge is 2.22. The third-order valence-electron chi connectivity index (χ3n) is 3.61. The summed E-state index contributed by atoms with van der Waals surface area (Å²) in [7, 11) is -2.40. The van der Waals surface area contributed by atoms with Crippen molar-refractivity contribution in [3.05, 3.63) is 70.5 Å². The molecule has 0 radical (unpaired) electrons. The van der Waals surface area contributed by atoms with Crippen LogP contribution in [0, 0.1) is 0 Å². The van der Waals surface area contributed by atoms with Crippen LogP contribution in [0.25, 0.3) is 0 Å². The molecule has 3 rings (SSSR count). The minimum absolute atomic E-state index is 0.123. The number of hydrogen-bond acceptors (Lipinski definition) is 4. The van der Waals surface area contributed by atoms with Crippen molar-refractivity contribution in [2.75, 3.05) is 10.0 Å². The van der Waals surface area contributed by atoms with Crippen molar-refractivity contribution in [2.24, 2.45) is 7.05 Å². The van der Waals surface area contributed by atoms with Gasteiger partial charge in [0.1, 0.15) is 0 Å². The molecule has 140 valence electrons. The number of nitrogens with zero attached hydrogens (tertiary/aromatic N) is 2. The number of sulfonamides is 1. The van der Waals surface area contributed by atoms with Crippen LogP contribution in [0.5, 0.6) is 0 Å². The first-order valence-electron chi connectivity index (χ1n) is 7.63. The van der Waals surface area contributed by atoms with Crippen LogP contribution in [0.2, 0.25) is 10.0 Å². The molecule has 0 aliphatic heterocycles. The summed E-state index contributed by atoms with van der Waals surface area (Å²) in [6.45, 7) is 0. The molecule has 0 spiro atoms. The van der Waals surface area contributed by atoms with Crippen molar-refractivity contribution in [2.45, 2.75) is 5.16 Å². The third kappa shape index (κ3) is 4.24. The van der Waals surface area contributed by atoms with Crippen molar-refractivity contribution < 1.29 is 13.2 Å². The maximum atomic E-state index is 12.6. The lowest BCUT2D eigenvalue weighted by Crippen LogP contribution is -2.20. The topological polar surface area (TPSA) is 93.1 Å². The van der Waals surface area contributed by atoms with Gasteiger partial charge in [0, 0.05) is 25.1 Å². The monoisotopic (exact) mass is 424 g/mol. The summed E-state index contributed by atoms with van der Waals surface area (Å²) < 4.78 is 28.8. The molecule has 10 heteroatoms. The van der Waals surface area contributed by atoms with Gasteiger partial charge in [0.15, 0.2) is 0 Å². The zero-order valence-electron chi connectivity index (χ0n) is 14.0. The lowest BCUT2D eigenvalue weighted by Gasteiger charge is -2.13. The third-order valence-corrected chi connectivity index (χ3v) is 5.71. The van der Waals surface area contributed by atoms with Crippen LogP contribution >= 0.6 is 23.2 Å². The highest BCUT2D eigenvalue weighted by molar-refractivity contribution is 7.92. The molecule has 0 fully saturated rings. The fourth-order valence-corrected chi connectivity index (χ4v) is 3.84. The first-order chi connectivity index (χ1) is 12.8. The maximum Gasteiger partial charge on any atom is 0.295 e. The second-order valence-corrected chi connectivity index (χ2v) is 7.95. The van der Waals surface area contributed by atoms with Gasteiger partial charge in [-0.1, -0.05) is 35.3 Å². The Morgan fingerprint density at radius 3 is 2.52 bits per heavy atom. The molecule has 0 atom stereocenters. The van der Waals surface area contributed by atoms with E-state index in [9.17, 15) is 13.2 Å². The average Bonchev–Trinajstić information content (AvgIpc) is 3.05. The first kappa shape index (κ1) is 19.2. The smallest absolute Gasteiger partial charge is 0.295 e. The summed E-state index contributed by atoms with van der Waals surface area (Å²) in [6.07, 6.45) is 2.88. The van der Waals surface area contributed by atoms with Gasteiger partial charge < -0.3 is 9.88 Å². The molecule has 0 aliphatic carbocycles. The quantitative estimate of drug-likeness (QED) is 0.651. The molecular formula is C17H14Cl2N4O3S. The minimum Gasteiger partial charge on any atom is -0.323 e. The van der Waals surface area contributed by atoms with E-state index in [4.69, 9.17) is 23.2 Å². The van der Waals surface area contributed by atoms with Gasteiger partial charge in [-0.15, -0.1) is 0 Å². The average molecular weight is 425 g/mol. The van der Waals surface area contributed by atoms with Crippen molar-refractivity contribution >= 4 is 50.5 Å². The lowest BCUT2D eigenvalue weighted by molar-refractivity contribution is 0.102. The maximum absolute atomic E-state index is 12.6. The zero-order chi connectivity index (χ0) is 19.6. The second-order valence-electron chi connectivity index (χ2n) is 5.55. The van der Waals surface area contributed by atoms with Gasteiger partial charge in [0.25, 0.3) is 15.9 Å². The molecular weight excluding hydrogens is 411 g/mol. The molecule has 3 aromatic rings. The van der Waals surface area contributed by atoms with E-state index in [2.05, 4.69) is 15.0 Å². The molecule has 27 heavy (non-hydrogen) atoms. The number of benzene rings is 2. The van der Waals surface area contributed by atoms with E-state index in [1.807, 2.05) is 0 Å². The Balaban J connectivity index is 1.88. The van der Waals surface area contributed by atoms with Gasteiger partial charge in [-0.05, 0) is 30.3 Å². The van der Waals surface area contributed by atoms with Crippen molar-refractivity contribution in [3.63, 3.8) is 0 Å². The van der Waals surface area contributed by atoms with Crippen LogP contribution in [0.3, 0.4) is 0 Å². The predicted octanol–water partition coefficient (Wildman–Crippen LogP) is 3.78. The Morgan fingerprint density at radius 1 is 1.11 bits per heavy atom. The summed E-state index contributed by atoms with van der Waals surface area (Å²) in [5, 5.41) is 3.15. The summed E-state index contributed by atoms with van der Waals surface area (Å²) in [4.78, 5) is 16.5. The number of nitrogens with one attached hydrogen (secondary N) is 2. The van der Waals surface area contributed by atoms with Crippen LogP contribution in [0.1, 0.15) is 10.4 Å². The van der Waals surface area contributed by atoms with Gasteiger partial charge in [-0.3, -0.25) is 9.52 Å². The number of imidazole rings is 1. The predicted molar refractivity (Wildman–Crippen MR) is 105 cm³/mol. The van der Waals surface area contributed by atoms with Crippen LogP contribution in [-0.4, -0.2) is 23.9 Å².